The van der Waals surface area contributed by atoms with E-state index in [1.807, 2.05) is 66.7 Å². The highest BCUT2D eigenvalue weighted by Crippen LogP contribution is 2.42. The number of hydrogen-bond donors (Lipinski definition) is 0. The molecule has 0 amide bonds. The number of unbranched alkanes of at least 4 members (excludes halogenated alkanes) is 6. The number of hydrogen-bond acceptors (Lipinski definition) is 13. The van der Waals surface area contributed by atoms with Crippen molar-refractivity contribution >= 4 is 21.6 Å². The van der Waals surface area contributed by atoms with Crippen molar-refractivity contribution in [2.24, 2.45) is 0 Å². The van der Waals surface area contributed by atoms with Crippen LogP contribution in [0.5, 0.6) is 40.2 Å². The maximum Gasteiger partial charge on any atom is 0.203 e. The van der Waals surface area contributed by atoms with E-state index in [-0.39, 0.29) is 0 Å². The lowest BCUT2D eigenvalue weighted by molar-refractivity contribution is 0.128. The monoisotopic (exact) mass is 864 g/mol. The van der Waals surface area contributed by atoms with Gasteiger partial charge in [0.05, 0.1) is 59.0 Å². The summed E-state index contributed by atoms with van der Waals surface area (Å²) in [4.78, 5) is 10.0. The summed E-state index contributed by atoms with van der Waals surface area (Å²) in [7, 11) is 8.11. The molecule has 0 N–H and O–H groups in total. The zero-order chi connectivity index (χ0) is 43.1. The molecule has 0 bridgehead atoms. The highest BCUT2D eigenvalue weighted by molar-refractivity contribution is 7.21. The Kier molecular flexibility index (Phi) is 16.2. The van der Waals surface area contributed by atoms with Gasteiger partial charge < -0.3 is 47.5 Å². The second kappa shape index (κ2) is 22.6. The lowest BCUT2D eigenvalue weighted by atomic mass is 10.1. The number of piperazine rings is 1. The summed E-state index contributed by atoms with van der Waals surface area (Å²) in [5.41, 5.74) is 4.34. The fourth-order valence-electron chi connectivity index (χ4n) is 7.82. The van der Waals surface area contributed by atoms with Crippen LogP contribution in [0.25, 0.3) is 43.4 Å². The van der Waals surface area contributed by atoms with Gasteiger partial charge in [0.1, 0.15) is 10.7 Å². The number of aromatic nitrogens is 2. The summed E-state index contributed by atoms with van der Waals surface area (Å²) in [5, 5.41) is 5.31. The molecule has 3 heterocycles. The molecule has 1 aliphatic heterocycles. The minimum absolute atomic E-state index is 0.522. The first kappa shape index (κ1) is 44.6. The molecule has 13 heteroatoms. The van der Waals surface area contributed by atoms with E-state index in [9.17, 15) is 0 Å². The number of ether oxygens (including phenoxy) is 7. The predicted molar refractivity (Wildman–Crippen MR) is 246 cm³/mol. The van der Waals surface area contributed by atoms with Crippen molar-refractivity contribution in [3.8, 4) is 73.4 Å². The maximum absolute atomic E-state index is 6.22. The molecular formula is C49H60N4O8S. The molecule has 330 valence electrons. The van der Waals surface area contributed by atoms with Crippen molar-refractivity contribution in [2.45, 2.75) is 51.4 Å². The standard InChI is InChI=1S/C49H60N4O8S/c1-54-40-20-18-35(42-34-39(51-61-42)37-32-45(56-3)48(58-5)46(33-37)57-4)30-44(40)60-29-15-9-7-13-23-53-26-24-52(25-27-53)22-12-6-8-14-28-59-41-21-19-36(31-43(41)55-2)49-50-38-16-10-11-17-47(38)62-49/h10-11,16-21,30-34H,6-9,12-15,22-29H2,1-5H3. The average molecular weight is 865 g/mol. The van der Waals surface area contributed by atoms with E-state index in [4.69, 9.17) is 42.7 Å². The van der Waals surface area contributed by atoms with Crippen LogP contribution in [0.2, 0.25) is 0 Å². The molecule has 1 fully saturated rings. The summed E-state index contributed by atoms with van der Waals surface area (Å²) in [6, 6.07) is 25.7. The first-order valence-corrected chi connectivity index (χ1v) is 22.5. The summed E-state index contributed by atoms with van der Waals surface area (Å²) in [6.45, 7) is 8.28. The van der Waals surface area contributed by atoms with Crippen LogP contribution in [0.15, 0.2) is 83.4 Å². The van der Waals surface area contributed by atoms with Crippen molar-refractivity contribution in [1.29, 1.82) is 0 Å². The second-order valence-corrected chi connectivity index (χ2v) is 16.4. The summed E-state index contributed by atoms with van der Waals surface area (Å²) >= 11 is 1.69. The molecule has 2 aromatic heterocycles. The summed E-state index contributed by atoms with van der Waals surface area (Å²) in [5.74, 6) is 5.14. The van der Waals surface area contributed by atoms with Gasteiger partial charge in [0.2, 0.25) is 5.75 Å². The number of para-hydroxylation sites is 1. The predicted octanol–water partition coefficient (Wildman–Crippen LogP) is 10.5. The van der Waals surface area contributed by atoms with Crippen molar-refractivity contribution in [3.05, 3.63) is 78.9 Å². The van der Waals surface area contributed by atoms with Crippen LogP contribution >= 0.6 is 11.3 Å². The lowest BCUT2D eigenvalue weighted by Crippen LogP contribution is -2.46. The Morgan fingerprint density at radius 2 is 1.10 bits per heavy atom. The van der Waals surface area contributed by atoms with E-state index in [0.29, 0.717) is 53.4 Å². The normalized spacial score (nSPS) is 13.3. The molecule has 1 saturated heterocycles. The van der Waals surface area contributed by atoms with Gasteiger partial charge in [-0.15, -0.1) is 11.3 Å². The number of benzene rings is 4. The largest absolute Gasteiger partial charge is 0.493 e. The van der Waals surface area contributed by atoms with E-state index in [1.54, 1.807) is 46.9 Å². The molecule has 0 saturated carbocycles. The Morgan fingerprint density at radius 3 is 1.73 bits per heavy atom. The first-order valence-electron chi connectivity index (χ1n) is 21.7. The minimum Gasteiger partial charge on any atom is -0.493 e. The van der Waals surface area contributed by atoms with E-state index in [1.165, 1.54) is 43.3 Å². The number of nitrogens with zero attached hydrogens (tertiary/aromatic N) is 4. The third-order valence-electron chi connectivity index (χ3n) is 11.3. The van der Waals surface area contributed by atoms with Gasteiger partial charge in [-0.05, 0) is 99.4 Å². The average Bonchev–Trinajstić information content (AvgIpc) is 4.00. The van der Waals surface area contributed by atoms with Gasteiger partial charge in [0.25, 0.3) is 0 Å². The molecule has 62 heavy (non-hydrogen) atoms. The quantitative estimate of drug-likeness (QED) is 0.0540. The maximum atomic E-state index is 6.22. The third kappa shape index (κ3) is 11.5. The highest BCUT2D eigenvalue weighted by Gasteiger charge is 2.19. The molecule has 7 rings (SSSR count). The second-order valence-electron chi connectivity index (χ2n) is 15.4. The number of methoxy groups -OCH3 is 5. The van der Waals surface area contributed by atoms with Crippen molar-refractivity contribution in [3.63, 3.8) is 0 Å². The van der Waals surface area contributed by atoms with E-state index >= 15 is 0 Å². The molecule has 0 aliphatic carbocycles. The van der Waals surface area contributed by atoms with Gasteiger partial charge in [0.15, 0.2) is 40.3 Å². The zero-order valence-corrected chi connectivity index (χ0v) is 37.6. The van der Waals surface area contributed by atoms with Crippen LogP contribution in [0.3, 0.4) is 0 Å². The molecular weight excluding hydrogens is 805 g/mol. The van der Waals surface area contributed by atoms with Gasteiger partial charge in [-0.1, -0.05) is 43.0 Å². The van der Waals surface area contributed by atoms with Crippen LogP contribution in [0, 0.1) is 0 Å². The van der Waals surface area contributed by atoms with Crippen LogP contribution in [0.4, 0.5) is 0 Å². The Bertz CT molecular complexity index is 2260. The van der Waals surface area contributed by atoms with Crippen LogP contribution < -0.4 is 33.2 Å². The van der Waals surface area contributed by atoms with Crippen LogP contribution in [0.1, 0.15) is 51.4 Å². The first-order chi connectivity index (χ1) is 30.5. The fraction of sp³-hybridized carbons (Fsp3) is 0.429. The third-order valence-corrected chi connectivity index (χ3v) is 12.4. The van der Waals surface area contributed by atoms with Crippen LogP contribution in [-0.2, 0) is 0 Å². The molecule has 0 radical (unpaired) electrons. The molecule has 0 spiro atoms. The number of fused-ring (bicyclic) bond motifs is 1. The SMILES string of the molecule is COc1cc(-c2nc3ccccc3s2)ccc1OCCCCCCN1CCN(CCCCCCOc2cc(-c3cc(-c4cc(OC)c(OC)c(OC)c4)no3)ccc2OC)CC1. The van der Waals surface area contributed by atoms with Crippen molar-refractivity contribution in [1.82, 2.24) is 19.9 Å². The van der Waals surface area contributed by atoms with E-state index in [0.717, 1.165) is 90.7 Å². The molecule has 4 aromatic carbocycles. The number of thiazole rings is 1. The van der Waals surface area contributed by atoms with Crippen molar-refractivity contribution < 1.29 is 37.7 Å². The minimum atomic E-state index is 0.522. The highest BCUT2D eigenvalue weighted by atomic mass is 32.1. The summed E-state index contributed by atoms with van der Waals surface area (Å²) < 4.78 is 47.1. The molecule has 12 nitrogen and oxygen atoms in total. The van der Waals surface area contributed by atoms with Gasteiger partial charge in [-0.3, -0.25) is 0 Å². The van der Waals surface area contributed by atoms with E-state index in [2.05, 4.69) is 27.1 Å². The smallest absolute Gasteiger partial charge is 0.203 e. The molecule has 0 unspecified atom stereocenters. The Balaban J connectivity index is 0.739. The van der Waals surface area contributed by atoms with Gasteiger partial charge in [-0.2, -0.15) is 0 Å². The fourth-order valence-corrected chi connectivity index (χ4v) is 8.78. The van der Waals surface area contributed by atoms with Crippen molar-refractivity contribution in [2.75, 3.05) is 88.0 Å². The molecule has 0 atom stereocenters. The lowest BCUT2D eigenvalue weighted by Gasteiger charge is -2.34. The topological polar surface area (TPSA) is 110 Å². The molecule has 1 aliphatic rings. The van der Waals surface area contributed by atoms with E-state index < -0.39 is 0 Å². The summed E-state index contributed by atoms with van der Waals surface area (Å²) in [6.07, 6.45) is 9.16. The van der Waals surface area contributed by atoms with Gasteiger partial charge in [0, 0.05) is 48.9 Å². The van der Waals surface area contributed by atoms with Gasteiger partial charge in [-0.25, -0.2) is 4.98 Å². The van der Waals surface area contributed by atoms with Gasteiger partial charge >= 0.3 is 0 Å². The Labute approximate surface area is 369 Å². The number of rotatable bonds is 24. The zero-order valence-electron chi connectivity index (χ0n) is 36.8. The Hall–Kier alpha value is -5.50. The molecule has 6 aromatic rings. The van der Waals surface area contributed by atoms with Crippen LogP contribution in [-0.4, -0.2) is 108 Å². The Morgan fingerprint density at radius 1 is 0.532 bits per heavy atom.